The van der Waals surface area contributed by atoms with Gasteiger partial charge in [0.25, 0.3) is 5.91 Å². The van der Waals surface area contributed by atoms with Crippen LogP contribution in [0.15, 0.2) is 59.5 Å². The van der Waals surface area contributed by atoms with Gasteiger partial charge in [-0.3, -0.25) is 9.69 Å². The first-order valence-electron chi connectivity index (χ1n) is 6.24. The molecule has 0 aromatic heterocycles. The molecule has 1 amide bonds. The minimum atomic E-state index is -0.906. The van der Waals surface area contributed by atoms with Crippen molar-refractivity contribution in [1.82, 2.24) is 0 Å². The number of benzene rings is 2. The summed E-state index contributed by atoms with van der Waals surface area (Å²) in [5, 5.41) is 9.50. The van der Waals surface area contributed by atoms with Crippen LogP contribution in [-0.2, 0) is 0 Å². The van der Waals surface area contributed by atoms with E-state index in [1.165, 1.54) is 11.8 Å². The lowest BCUT2D eigenvalue weighted by Gasteiger charge is -2.28. The summed E-state index contributed by atoms with van der Waals surface area (Å²) >= 11 is 1.41. The summed E-state index contributed by atoms with van der Waals surface area (Å²) in [4.78, 5) is 14.4. The second-order valence-corrected chi connectivity index (χ2v) is 6.11. The van der Waals surface area contributed by atoms with E-state index in [2.05, 4.69) is 6.07 Å². The molecule has 0 saturated heterocycles. The molecule has 98 valence electrons. The quantitative estimate of drug-likeness (QED) is 0.800. The van der Waals surface area contributed by atoms with Gasteiger partial charge in [0.05, 0.1) is 5.69 Å². The molecule has 4 heteroatoms. The Balaban J connectivity index is 2.11. The molecule has 1 aliphatic heterocycles. The van der Waals surface area contributed by atoms with Crippen molar-refractivity contribution >= 4 is 23.4 Å². The van der Waals surface area contributed by atoms with Crippen LogP contribution in [0.5, 0.6) is 0 Å². The molecule has 0 bridgehead atoms. The van der Waals surface area contributed by atoms with Crippen molar-refractivity contribution < 1.29 is 4.79 Å². The van der Waals surface area contributed by atoms with Gasteiger partial charge in [-0.25, -0.2) is 0 Å². The molecule has 0 aliphatic carbocycles. The fourth-order valence-electron chi connectivity index (χ4n) is 2.30. The molecular formula is C16H12N2OS. The van der Waals surface area contributed by atoms with Crippen LogP contribution in [0.4, 0.5) is 5.69 Å². The highest BCUT2D eigenvalue weighted by Gasteiger charge is 2.45. The Morgan fingerprint density at radius 2 is 1.80 bits per heavy atom. The van der Waals surface area contributed by atoms with E-state index in [-0.39, 0.29) is 5.91 Å². The number of para-hydroxylation sites is 1. The van der Waals surface area contributed by atoms with Crippen molar-refractivity contribution in [3.8, 4) is 6.07 Å². The van der Waals surface area contributed by atoms with Crippen LogP contribution >= 0.6 is 11.8 Å². The molecule has 0 radical (unpaired) electrons. The first-order chi connectivity index (χ1) is 9.65. The molecule has 2 aromatic carbocycles. The normalized spacial score (nSPS) is 20.3. The molecule has 1 atom stereocenters. The van der Waals surface area contributed by atoms with E-state index in [1.54, 1.807) is 24.0 Å². The minimum absolute atomic E-state index is 0.146. The average molecular weight is 280 g/mol. The van der Waals surface area contributed by atoms with E-state index in [1.807, 2.05) is 42.5 Å². The zero-order valence-electron chi connectivity index (χ0n) is 10.9. The highest BCUT2D eigenvalue weighted by Crippen LogP contribution is 2.50. The first-order valence-corrected chi connectivity index (χ1v) is 7.06. The number of thioether (sulfide) groups is 1. The number of amides is 1. The van der Waals surface area contributed by atoms with Crippen molar-refractivity contribution in [2.45, 2.75) is 16.7 Å². The third-order valence-corrected chi connectivity index (χ3v) is 4.51. The van der Waals surface area contributed by atoms with Crippen LogP contribution in [0.1, 0.15) is 17.3 Å². The molecule has 1 heterocycles. The molecule has 3 nitrogen and oxygen atoms in total. The first kappa shape index (κ1) is 12.8. The maximum Gasteiger partial charge on any atom is 0.260 e. The second-order valence-electron chi connectivity index (χ2n) is 4.67. The average Bonchev–Trinajstić information content (AvgIpc) is 2.80. The van der Waals surface area contributed by atoms with Gasteiger partial charge in [-0.1, -0.05) is 42.1 Å². The van der Waals surface area contributed by atoms with Gasteiger partial charge >= 0.3 is 0 Å². The fourth-order valence-corrected chi connectivity index (χ4v) is 3.46. The Bertz CT molecular complexity index is 708. The predicted molar refractivity (Wildman–Crippen MR) is 79.6 cm³/mol. The molecule has 0 saturated carbocycles. The highest BCUT2D eigenvalue weighted by molar-refractivity contribution is 8.01. The van der Waals surface area contributed by atoms with Crippen molar-refractivity contribution in [2.24, 2.45) is 0 Å². The molecule has 2 aromatic rings. The Morgan fingerprint density at radius 3 is 2.50 bits per heavy atom. The lowest BCUT2D eigenvalue weighted by molar-refractivity contribution is 0.0981. The van der Waals surface area contributed by atoms with Crippen molar-refractivity contribution in [1.29, 1.82) is 5.26 Å². The molecule has 3 rings (SSSR count). The summed E-state index contributed by atoms with van der Waals surface area (Å²) in [6.45, 7) is 1.78. The van der Waals surface area contributed by atoms with Gasteiger partial charge < -0.3 is 0 Å². The van der Waals surface area contributed by atoms with E-state index < -0.39 is 4.87 Å². The van der Waals surface area contributed by atoms with Crippen LogP contribution in [0, 0.1) is 11.3 Å². The maximum absolute atomic E-state index is 12.7. The smallest absolute Gasteiger partial charge is 0.260 e. The number of carbonyl (C=O) groups is 1. The van der Waals surface area contributed by atoms with Crippen molar-refractivity contribution in [2.75, 3.05) is 4.90 Å². The third kappa shape index (κ3) is 1.87. The molecule has 1 unspecified atom stereocenters. The summed E-state index contributed by atoms with van der Waals surface area (Å²) in [5.74, 6) is -0.146. The van der Waals surface area contributed by atoms with Crippen LogP contribution in [0.3, 0.4) is 0 Å². The van der Waals surface area contributed by atoms with Crippen LogP contribution in [0.2, 0.25) is 0 Å². The third-order valence-electron chi connectivity index (χ3n) is 3.27. The number of carbonyl (C=O) groups excluding carboxylic acids is 1. The monoisotopic (exact) mass is 280 g/mol. The molecule has 0 spiro atoms. The number of rotatable bonds is 1. The lowest BCUT2D eigenvalue weighted by Crippen LogP contribution is -2.44. The number of nitrogens with zero attached hydrogens (tertiary/aromatic N) is 2. The van der Waals surface area contributed by atoms with Gasteiger partial charge in [0.1, 0.15) is 6.07 Å². The number of hydrogen-bond acceptors (Lipinski definition) is 3. The van der Waals surface area contributed by atoms with E-state index in [9.17, 15) is 10.1 Å². The molecule has 20 heavy (non-hydrogen) atoms. The minimum Gasteiger partial charge on any atom is -0.279 e. The summed E-state index contributed by atoms with van der Waals surface area (Å²) in [7, 11) is 0. The van der Waals surface area contributed by atoms with Gasteiger partial charge in [0.15, 0.2) is 4.87 Å². The Hall–Kier alpha value is -2.25. The molecule has 1 aliphatic rings. The standard InChI is InChI=1S/C16H12N2OS/c1-16(11-17)18(13-9-5-6-10-14(13)20-16)15(19)12-7-3-2-4-8-12/h2-10H,1H3. The number of fused-ring (bicyclic) bond motifs is 1. The van der Waals surface area contributed by atoms with Crippen molar-refractivity contribution in [3.63, 3.8) is 0 Å². The Kier molecular flexibility index (Phi) is 3.00. The SMILES string of the molecule is CC1(C#N)Sc2ccccc2N1C(=O)c1ccccc1. The zero-order valence-corrected chi connectivity index (χ0v) is 11.7. The number of anilines is 1. The van der Waals surface area contributed by atoms with Crippen LogP contribution in [0.25, 0.3) is 0 Å². The van der Waals surface area contributed by atoms with Crippen LogP contribution < -0.4 is 4.90 Å². The highest BCUT2D eigenvalue weighted by atomic mass is 32.2. The van der Waals surface area contributed by atoms with E-state index in [0.29, 0.717) is 5.56 Å². The molecular weight excluding hydrogens is 268 g/mol. The maximum atomic E-state index is 12.7. The van der Waals surface area contributed by atoms with E-state index >= 15 is 0 Å². The van der Waals surface area contributed by atoms with E-state index in [4.69, 9.17) is 0 Å². The largest absolute Gasteiger partial charge is 0.279 e. The Labute approximate surface area is 121 Å². The van der Waals surface area contributed by atoms with Gasteiger partial charge in [0.2, 0.25) is 0 Å². The van der Waals surface area contributed by atoms with Crippen LogP contribution in [-0.4, -0.2) is 10.8 Å². The van der Waals surface area contributed by atoms with Gasteiger partial charge in [-0.2, -0.15) is 5.26 Å². The number of nitriles is 1. The van der Waals surface area contributed by atoms with E-state index in [0.717, 1.165) is 10.6 Å². The topological polar surface area (TPSA) is 44.1 Å². The summed E-state index contributed by atoms with van der Waals surface area (Å²) in [6, 6.07) is 18.9. The predicted octanol–water partition coefficient (Wildman–Crippen LogP) is 3.68. The number of hydrogen-bond donors (Lipinski definition) is 0. The summed E-state index contributed by atoms with van der Waals surface area (Å²) < 4.78 is 0. The van der Waals surface area contributed by atoms with Gasteiger partial charge in [-0.05, 0) is 31.2 Å². The Morgan fingerprint density at radius 1 is 1.15 bits per heavy atom. The summed E-state index contributed by atoms with van der Waals surface area (Å²) in [5.41, 5.74) is 1.39. The zero-order chi connectivity index (χ0) is 14.2. The molecule has 0 N–H and O–H groups in total. The van der Waals surface area contributed by atoms with Crippen molar-refractivity contribution in [3.05, 3.63) is 60.2 Å². The molecule has 0 fully saturated rings. The van der Waals surface area contributed by atoms with Gasteiger partial charge in [0, 0.05) is 10.5 Å². The summed E-state index contributed by atoms with van der Waals surface area (Å²) in [6.07, 6.45) is 0. The fraction of sp³-hybridized carbons (Fsp3) is 0.125. The lowest BCUT2D eigenvalue weighted by atomic mass is 10.1. The van der Waals surface area contributed by atoms with Gasteiger partial charge in [-0.15, -0.1) is 0 Å². The second kappa shape index (κ2) is 4.69.